The van der Waals surface area contributed by atoms with Crippen molar-refractivity contribution in [3.63, 3.8) is 0 Å². The molecule has 364 valence electrons. The van der Waals surface area contributed by atoms with Crippen molar-refractivity contribution in [2.75, 3.05) is 33.0 Å². The predicted octanol–water partition coefficient (Wildman–Crippen LogP) is -3.26. The van der Waals surface area contributed by atoms with E-state index in [4.69, 9.17) is 9.84 Å². The number of hydrogen-bond acceptors (Lipinski definition) is 15. The van der Waals surface area contributed by atoms with Crippen LogP contribution < -0.4 is 42.0 Å². The summed E-state index contributed by atoms with van der Waals surface area (Å²) in [7, 11) is 0. The zero-order valence-corrected chi connectivity index (χ0v) is 36.4. The number of amides is 7. The maximum absolute atomic E-state index is 12.8. The van der Waals surface area contributed by atoms with Crippen molar-refractivity contribution in [1.82, 2.24) is 37.2 Å². The Hall–Kier alpha value is -6.24. The average molecular weight is 926 g/mol. The van der Waals surface area contributed by atoms with Gasteiger partial charge < -0.3 is 77.4 Å². The number of carboxylic acid groups (broad SMARTS) is 2. The van der Waals surface area contributed by atoms with Crippen LogP contribution in [0.15, 0.2) is 24.3 Å². The van der Waals surface area contributed by atoms with E-state index in [0.29, 0.717) is 25.1 Å². The van der Waals surface area contributed by atoms with E-state index in [1.807, 2.05) is 0 Å². The number of benzene rings is 1. The number of aliphatic carboxylic acids is 1. The fourth-order valence-corrected chi connectivity index (χ4v) is 5.75. The molecule has 0 heterocycles. The fourth-order valence-electron chi connectivity index (χ4n) is 5.75. The van der Waals surface area contributed by atoms with Crippen LogP contribution in [0, 0.1) is 0 Å². The van der Waals surface area contributed by atoms with Crippen molar-refractivity contribution in [3.05, 3.63) is 29.8 Å². The minimum absolute atomic E-state index is 0.0639. The molecule has 0 aromatic heterocycles. The second kappa shape index (κ2) is 31.6. The number of nitrogens with one attached hydrogen (secondary N) is 7. The molecular weight excluding hydrogens is 862 g/mol. The van der Waals surface area contributed by atoms with Crippen LogP contribution in [0.5, 0.6) is 5.75 Å². The number of ether oxygens (including phenoxy) is 1. The molecule has 0 aliphatic rings. The first kappa shape index (κ1) is 56.8. The first-order valence-corrected chi connectivity index (χ1v) is 21.1. The summed E-state index contributed by atoms with van der Waals surface area (Å²) < 4.78 is 5.62. The number of rotatable bonds is 34. The van der Waals surface area contributed by atoms with E-state index in [1.54, 1.807) is 12.1 Å². The number of aliphatic hydroxyl groups excluding tert-OH is 4. The first-order valence-electron chi connectivity index (χ1n) is 21.1. The summed E-state index contributed by atoms with van der Waals surface area (Å²) in [6.07, 6.45) is 6.46. The summed E-state index contributed by atoms with van der Waals surface area (Å²) in [5.41, 5.74) is 0.187. The highest BCUT2D eigenvalue weighted by molar-refractivity contribution is 5.96. The number of carboxylic acids is 2. The van der Waals surface area contributed by atoms with E-state index < -0.39 is 128 Å². The Balaban J connectivity index is 2.46. The lowest BCUT2D eigenvalue weighted by Crippen LogP contribution is -2.60. The maximum Gasteiger partial charge on any atom is 0.335 e. The molecular formula is C41H63N7O17. The molecule has 0 bridgehead atoms. The highest BCUT2D eigenvalue weighted by atomic mass is 16.5. The van der Waals surface area contributed by atoms with Crippen LogP contribution in [-0.2, 0) is 43.2 Å². The molecule has 7 atom stereocenters. The van der Waals surface area contributed by atoms with Crippen molar-refractivity contribution < 1.29 is 83.3 Å². The molecule has 0 spiro atoms. The van der Waals surface area contributed by atoms with Gasteiger partial charge in [-0.2, -0.15) is 0 Å². The van der Waals surface area contributed by atoms with Crippen molar-refractivity contribution >= 4 is 59.6 Å². The van der Waals surface area contributed by atoms with E-state index in [0.717, 1.165) is 51.9 Å². The topological polar surface area (TPSA) is 386 Å². The third-order valence-electron chi connectivity index (χ3n) is 9.57. The number of aliphatic hydroxyl groups is 4. The van der Waals surface area contributed by atoms with Gasteiger partial charge in [-0.1, -0.05) is 38.5 Å². The third kappa shape index (κ3) is 22.8. The molecule has 0 fully saturated rings. The number of carbonyl (C=O) groups excluding carboxylic acids is 8. The molecule has 24 nitrogen and oxygen atoms in total. The second-order valence-electron chi connectivity index (χ2n) is 15.0. The monoisotopic (exact) mass is 925 g/mol. The molecule has 65 heavy (non-hydrogen) atoms. The van der Waals surface area contributed by atoms with Crippen LogP contribution in [-0.4, -0.2) is 166 Å². The van der Waals surface area contributed by atoms with Crippen LogP contribution in [0.3, 0.4) is 0 Å². The minimum Gasteiger partial charge on any atom is -0.494 e. The Morgan fingerprint density at radius 2 is 0.938 bits per heavy atom. The zero-order valence-electron chi connectivity index (χ0n) is 36.4. The van der Waals surface area contributed by atoms with Crippen LogP contribution in [0.1, 0.15) is 94.8 Å². The van der Waals surface area contributed by atoms with E-state index in [1.165, 1.54) is 19.1 Å². The predicted molar refractivity (Wildman–Crippen MR) is 227 cm³/mol. The molecule has 13 N–H and O–H groups in total. The minimum atomic E-state index is -1.73. The van der Waals surface area contributed by atoms with Gasteiger partial charge in [-0.05, 0) is 57.4 Å². The van der Waals surface area contributed by atoms with Gasteiger partial charge in [0.2, 0.25) is 41.4 Å². The molecule has 7 amide bonds. The van der Waals surface area contributed by atoms with Crippen molar-refractivity contribution in [2.24, 2.45) is 0 Å². The van der Waals surface area contributed by atoms with Gasteiger partial charge in [-0.25, -0.2) is 9.59 Å². The molecule has 24 heteroatoms. The molecule has 1 aromatic rings. The molecule has 0 saturated heterocycles. The van der Waals surface area contributed by atoms with Gasteiger partial charge in [0.25, 0.3) is 0 Å². The zero-order chi connectivity index (χ0) is 48.9. The lowest BCUT2D eigenvalue weighted by atomic mass is 10.1. The van der Waals surface area contributed by atoms with Crippen molar-refractivity contribution in [2.45, 2.75) is 127 Å². The largest absolute Gasteiger partial charge is 0.494 e. The summed E-state index contributed by atoms with van der Waals surface area (Å²) >= 11 is 0. The normalized spacial score (nSPS) is 14.1. The summed E-state index contributed by atoms with van der Waals surface area (Å²) in [6.45, 7) is -0.907. The van der Waals surface area contributed by atoms with E-state index in [-0.39, 0.29) is 18.4 Å². The standard InChI is InChI=1S/C41H63N7O17/c1-24(19-49)42-36(57)30(21-51)47-39(60)32(23-53)46-35(56)25(2)43-37(58)31(22-52)48-38(59)29(20-50)45-34(55)17-16-28(41(63)64)44-33(54)11-9-7-5-3-4-6-8-10-18-65-27-14-12-26(13-15-27)40(61)62/h12-15,19,24-25,28-32,50-53H,3-11,16-18,20-23H2,1-2H3,(H,42,57)(H,43,58)(H,44,54)(H,45,55)(H,46,56)(H,47,60)(H,48,59)(H,61,62)(H,63,64)/t24-,25-,28-,29-,30-,31-,32-/m0/s1. The van der Waals surface area contributed by atoms with E-state index in [2.05, 4.69) is 37.2 Å². The Kier molecular flexibility index (Phi) is 27.6. The average Bonchev–Trinajstić information content (AvgIpc) is 3.28. The smallest absolute Gasteiger partial charge is 0.335 e. The quantitative estimate of drug-likeness (QED) is 0.0238. The van der Waals surface area contributed by atoms with Crippen LogP contribution in [0.2, 0.25) is 0 Å². The van der Waals surface area contributed by atoms with Gasteiger partial charge in [-0.15, -0.1) is 0 Å². The van der Waals surface area contributed by atoms with E-state index >= 15 is 0 Å². The lowest BCUT2D eigenvalue weighted by Gasteiger charge is -2.24. The summed E-state index contributed by atoms with van der Waals surface area (Å²) in [5, 5.41) is 72.4. The number of hydrogen-bond donors (Lipinski definition) is 13. The fraction of sp³-hybridized carbons (Fsp3) is 0.610. The lowest BCUT2D eigenvalue weighted by molar-refractivity contribution is -0.142. The summed E-state index contributed by atoms with van der Waals surface area (Å²) in [5.74, 6) is -8.58. The molecule has 0 unspecified atom stereocenters. The van der Waals surface area contributed by atoms with Crippen LogP contribution in [0.4, 0.5) is 0 Å². The van der Waals surface area contributed by atoms with Gasteiger partial charge in [0.15, 0.2) is 0 Å². The first-order chi connectivity index (χ1) is 30.9. The highest BCUT2D eigenvalue weighted by Gasteiger charge is 2.31. The molecule has 0 aliphatic heterocycles. The summed E-state index contributed by atoms with van der Waals surface area (Å²) in [4.78, 5) is 122. The number of aldehydes is 1. The molecule has 1 aromatic carbocycles. The van der Waals surface area contributed by atoms with Crippen molar-refractivity contribution in [3.8, 4) is 5.75 Å². The third-order valence-corrected chi connectivity index (χ3v) is 9.57. The molecule has 1 rings (SSSR count). The Morgan fingerprint density at radius 3 is 1.42 bits per heavy atom. The van der Waals surface area contributed by atoms with Crippen LogP contribution >= 0.6 is 0 Å². The Morgan fingerprint density at radius 1 is 0.523 bits per heavy atom. The van der Waals surface area contributed by atoms with Gasteiger partial charge >= 0.3 is 11.9 Å². The highest BCUT2D eigenvalue weighted by Crippen LogP contribution is 2.14. The maximum atomic E-state index is 12.8. The summed E-state index contributed by atoms with van der Waals surface area (Å²) in [6, 6.07) is -4.29. The van der Waals surface area contributed by atoms with Crippen molar-refractivity contribution in [1.29, 1.82) is 0 Å². The van der Waals surface area contributed by atoms with Gasteiger partial charge in [0.05, 0.1) is 44.6 Å². The number of aromatic carboxylic acids is 1. The molecule has 0 aliphatic carbocycles. The van der Waals surface area contributed by atoms with Gasteiger partial charge in [0.1, 0.15) is 48.3 Å². The number of carbonyl (C=O) groups is 10. The SMILES string of the molecule is C[C@H](NC(=O)[C@H](CO)NC(=O)[C@H](CO)NC(=O)CC[C@H](NC(=O)CCCCCCCCCCOc1ccc(C(=O)O)cc1)C(=O)O)C(=O)N[C@@H](CO)C(=O)N[C@@H](CO)C(=O)N[C@@H](C)C=O. The van der Waals surface area contributed by atoms with Gasteiger partial charge in [-0.3, -0.25) is 33.6 Å². The number of unbranched alkanes of at least 4 members (excludes halogenated alkanes) is 7. The Bertz CT molecular complexity index is 1730. The second-order valence-corrected chi connectivity index (χ2v) is 15.0. The van der Waals surface area contributed by atoms with Crippen LogP contribution in [0.25, 0.3) is 0 Å². The van der Waals surface area contributed by atoms with Gasteiger partial charge in [0, 0.05) is 12.8 Å². The Labute approximate surface area is 375 Å². The van der Waals surface area contributed by atoms with E-state index in [9.17, 15) is 73.5 Å². The molecule has 0 saturated carbocycles. The molecule has 0 radical (unpaired) electrons.